The maximum atomic E-state index is 12.4. The van der Waals surface area contributed by atoms with Crippen molar-refractivity contribution in [3.63, 3.8) is 0 Å². The van der Waals surface area contributed by atoms with E-state index in [1.165, 1.54) is 18.2 Å². The Bertz CT molecular complexity index is 729. The maximum Gasteiger partial charge on any atom is 0.310 e. The van der Waals surface area contributed by atoms with Crippen molar-refractivity contribution in [3.05, 3.63) is 65.2 Å². The molecule has 2 aromatic rings. The Labute approximate surface area is 149 Å². The van der Waals surface area contributed by atoms with Gasteiger partial charge in [-0.05, 0) is 24.1 Å². The van der Waals surface area contributed by atoms with E-state index in [9.17, 15) is 4.79 Å². The number of likely N-dealkylation sites (tertiary alicyclic amines) is 1. The topological polar surface area (TPSA) is 38.8 Å². The standard InChI is InChI=1S/C21H25NO3/c1-15-9-10-20(24-2)17(11-15)18-13-22(14-19(18)21(23)25-3)12-16-7-5-4-6-8-16/h4-11,18-19H,12-14H2,1-3H3/t18-,19-/m0/s1. The average molecular weight is 339 g/mol. The van der Waals surface area contributed by atoms with Crippen molar-refractivity contribution in [2.75, 3.05) is 27.3 Å². The van der Waals surface area contributed by atoms with Crippen LogP contribution in [0.5, 0.6) is 5.75 Å². The van der Waals surface area contributed by atoms with E-state index in [0.717, 1.165) is 24.4 Å². The van der Waals surface area contributed by atoms with Crippen LogP contribution in [0.2, 0.25) is 0 Å². The lowest BCUT2D eigenvalue weighted by atomic mass is 9.87. The first kappa shape index (κ1) is 17.5. The number of hydrogen-bond acceptors (Lipinski definition) is 4. The summed E-state index contributed by atoms with van der Waals surface area (Å²) in [4.78, 5) is 14.7. The molecule has 0 amide bonds. The summed E-state index contributed by atoms with van der Waals surface area (Å²) in [7, 11) is 3.14. The largest absolute Gasteiger partial charge is 0.496 e. The summed E-state index contributed by atoms with van der Waals surface area (Å²) in [5.74, 6) is 0.589. The quantitative estimate of drug-likeness (QED) is 0.783. The molecule has 0 aromatic heterocycles. The number of hydrogen-bond donors (Lipinski definition) is 0. The number of nitrogens with zero attached hydrogens (tertiary/aromatic N) is 1. The van der Waals surface area contributed by atoms with Crippen LogP contribution < -0.4 is 4.74 Å². The number of aryl methyl sites for hydroxylation is 1. The third-order valence-electron chi connectivity index (χ3n) is 4.93. The van der Waals surface area contributed by atoms with Crippen molar-refractivity contribution in [2.24, 2.45) is 5.92 Å². The number of carbonyl (C=O) groups is 1. The van der Waals surface area contributed by atoms with Gasteiger partial charge in [0.1, 0.15) is 5.75 Å². The van der Waals surface area contributed by atoms with Crippen molar-refractivity contribution in [3.8, 4) is 5.75 Å². The first-order valence-corrected chi connectivity index (χ1v) is 8.61. The van der Waals surface area contributed by atoms with Gasteiger partial charge in [0.2, 0.25) is 0 Å². The Morgan fingerprint density at radius 2 is 1.88 bits per heavy atom. The van der Waals surface area contributed by atoms with Crippen LogP contribution in [0.1, 0.15) is 22.6 Å². The smallest absolute Gasteiger partial charge is 0.310 e. The van der Waals surface area contributed by atoms with Crippen LogP contribution in [0, 0.1) is 12.8 Å². The molecule has 0 saturated carbocycles. The second-order valence-corrected chi connectivity index (χ2v) is 6.66. The Morgan fingerprint density at radius 3 is 2.56 bits per heavy atom. The van der Waals surface area contributed by atoms with Crippen molar-refractivity contribution < 1.29 is 14.3 Å². The minimum absolute atomic E-state index is 0.0750. The van der Waals surface area contributed by atoms with Gasteiger partial charge in [-0.2, -0.15) is 0 Å². The van der Waals surface area contributed by atoms with Crippen molar-refractivity contribution in [1.29, 1.82) is 0 Å². The molecule has 25 heavy (non-hydrogen) atoms. The third kappa shape index (κ3) is 3.85. The van der Waals surface area contributed by atoms with Crippen LogP contribution >= 0.6 is 0 Å². The highest BCUT2D eigenvalue weighted by Crippen LogP contribution is 2.39. The van der Waals surface area contributed by atoms with E-state index in [2.05, 4.69) is 30.0 Å². The molecule has 3 rings (SSSR count). The predicted molar refractivity (Wildman–Crippen MR) is 97.7 cm³/mol. The molecule has 1 aliphatic heterocycles. The van der Waals surface area contributed by atoms with E-state index < -0.39 is 0 Å². The highest BCUT2D eigenvalue weighted by Gasteiger charge is 2.40. The second-order valence-electron chi connectivity index (χ2n) is 6.66. The van der Waals surface area contributed by atoms with E-state index in [-0.39, 0.29) is 17.8 Å². The van der Waals surface area contributed by atoms with Gasteiger partial charge in [0.05, 0.1) is 20.1 Å². The zero-order chi connectivity index (χ0) is 17.8. The van der Waals surface area contributed by atoms with Crippen LogP contribution in [0.4, 0.5) is 0 Å². The molecular formula is C21H25NO3. The summed E-state index contributed by atoms with van der Waals surface area (Å²) in [6, 6.07) is 16.5. The number of benzene rings is 2. The van der Waals surface area contributed by atoms with Gasteiger partial charge in [-0.1, -0.05) is 48.0 Å². The average Bonchev–Trinajstić information content (AvgIpc) is 3.05. The van der Waals surface area contributed by atoms with Crippen LogP contribution in [0.3, 0.4) is 0 Å². The fourth-order valence-electron chi connectivity index (χ4n) is 3.70. The highest BCUT2D eigenvalue weighted by molar-refractivity contribution is 5.74. The van der Waals surface area contributed by atoms with Gasteiger partial charge in [0.15, 0.2) is 0 Å². The molecule has 1 aliphatic rings. The van der Waals surface area contributed by atoms with Crippen LogP contribution in [-0.2, 0) is 16.1 Å². The summed E-state index contributed by atoms with van der Waals surface area (Å²) >= 11 is 0. The summed E-state index contributed by atoms with van der Waals surface area (Å²) in [5, 5.41) is 0. The lowest BCUT2D eigenvalue weighted by molar-refractivity contribution is -0.145. The molecule has 0 unspecified atom stereocenters. The number of ether oxygens (including phenoxy) is 2. The summed E-state index contributed by atoms with van der Waals surface area (Å²) in [5.41, 5.74) is 3.51. The Hall–Kier alpha value is -2.33. The summed E-state index contributed by atoms with van der Waals surface area (Å²) in [6.45, 7) is 4.41. The Balaban J connectivity index is 1.88. The highest BCUT2D eigenvalue weighted by atomic mass is 16.5. The first-order chi connectivity index (χ1) is 12.1. The molecule has 4 heteroatoms. The minimum Gasteiger partial charge on any atom is -0.496 e. The number of methoxy groups -OCH3 is 2. The van der Waals surface area contributed by atoms with E-state index in [0.29, 0.717) is 6.54 Å². The van der Waals surface area contributed by atoms with E-state index >= 15 is 0 Å². The minimum atomic E-state index is -0.176. The number of carbonyl (C=O) groups excluding carboxylic acids is 1. The predicted octanol–water partition coefficient (Wildman–Crippen LogP) is 3.39. The molecule has 1 fully saturated rings. The van der Waals surface area contributed by atoms with Gasteiger partial charge in [0, 0.05) is 25.6 Å². The fraction of sp³-hybridized carbons (Fsp3) is 0.381. The first-order valence-electron chi connectivity index (χ1n) is 8.61. The van der Waals surface area contributed by atoms with Crippen LogP contribution in [-0.4, -0.2) is 38.2 Å². The molecule has 132 valence electrons. The van der Waals surface area contributed by atoms with Crippen molar-refractivity contribution >= 4 is 5.97 Å². The van der Waals surface area contributed by atoms with Gasteiger partial charge in [-0.15, -0.1) is 0 Å². The molecule has 1 saturated heterocycles. The summed E-state index contributed by atoms with van der Waals surface area (Å²) < 4.78 is 10.6. The van der Waals surface area contributed by atoms with Crippen LogP contribution in [0.25, 0.3) is 0 Å². The lowest BCUT2D eigenvalue weighted by Crippen LogP contribution is -2.24. The molecule has 2 atom stereocenters. The second kappa shape index (κ2) is 7.70. The normalized spacial score (nSPS) is 20.4. The van der Waals surface area contributed by atoms with Gasteiger partial charge >= 0.3 is 5.97 Å². The van der Waals surface area contributed by atoms with Crippen molar-refractivity contribution in [1.82, 2.24) is 4.90 Å². The number of rotatable bonds is 5. The molecule has 1 heterocycles. The molecule has 0 N–H and O–H groups in total. The van der Waals surface area contributed by atoms with Gasteiger partial charge in [0.25, 0.3) is 0 Å². The van der Waals surface area contributed by atoms with Crippen LogP contribution in [0.15, 0.2) is 48.5 Å². The van der Waals surface area contributed by atoms with E-state index in [4.69, 9.17) is 9.47 Å². The zero-order valence-electron chi connectivity index (χ0n) is 15.1. The van der Waals surface area contributed by atoms with Crippen molar-refractivity contribution in [2.45, 2.75) is 19.4 Å². The molecule has 0 spiro atoms. The molecule has 0 radical (unpaired) electrons. The molecular weight excluding hydrogens is 314 g/mol. The zero-order valence-corrected chi connectivity index (χ0v) is 15.1. The fourth-order valence-corrected chi connectivity index (χ4v) is 3.70. The molecule has 2 aromatic carbocycles. The summed E-state index contributed by atoms with van der Waals surface area (Å²) in [6.07, 6.45) is 0. The van der Waals surface area contributed by atoms with Gasteiger partial charge < -0.3 is 9.47 Å². The Kier molecular flexibility index (Phi) is 5.39. The Morgan fingerprint density at radius 1 is 1.12 bits per heavy atom. The molecule has 4 nitrogen and oxygen atoms in total. The SMILES string of the molecule is COC(=O)[C@H]1CN(Cc2ccccc2)C[C@H]1c1cc(C)ccc1OC. The maximum absolute atomic E-state index is 12.4. The van der Waals surface area contributed by atoms with Gasteiger partial charge in [-0.3, -0.25) is 9.69 Å². The van der Waals surface area contributed by atoms with E-state index in [1.807, 2.05) is 30.3 Å². The third-order valence-corrected chi connectivity index (χ3v) is 4.93. The number of esters is 1. The molecule has 0 aliphatic carbocycles. The van der Waals surface area contributed by atoms with E-state index in [1.54, 1.807) is 7.11 Å². The lowest BCUT2D eigenvalue weighted by Gasteiger charge is -2.20. The van der Waals surface area contributed by atoms with Gasteiger partial charge in [-0.25, -0.2) is 0 Å². The molecule has 0 bridgehead atoms. The monoisotopic (exact) mass is 339 g/mol.